The summed E-state index contributed by atoms with van der Waals surface area (Å²) in [6, 6.07) is 24.5. The van der Waals surface area contributed by atoms with Crippen LogP contribution in [0.15, 0.2) is 78.9 Å². The second-order valence-electron chi connectivity index (χ2n) is 7.20. The Morgan fingerprint density at radius 2 is 1.37 bits per heavy atom. The quantitative estimate of drug-likeness (QED) is 0.284. The Labute approximate surface area is 172 Å². The van der Waals surface area contributed by atoms with Crippen LogP contribution in [0.25, 0.3) is 43.4 Å². The zero-order chi connectivity index (χ0) is 20.8. The van der Waals surface area contributed by atoms with Gasteiger partial charge in [-0.2, -0.15) is 0 Å². The molecule has 0 heterocycles. The van der Waals surface area contributed by atoms with Crippen molar-refractivity contribution in [3.63, 3.8) is 0 Å². The molecule has 0 spiro atoms. The Balaban J connectivity index is 2.03. The molecule has 5 rings (SSSR count). The summed E-state index contributed by atoms with van der Waals surface area (Å²) in [5.41, 5.74) is 0.958. The summed E-state index contributed by atoms with van der Waals surface area (Å²) in [6.07, 6.45) is 0. The summed E-state index contributed by atoms with van der Waals surface area (Å²) in [5, 5.41) is 27.4. The molecular weight excluding hydrogens is 376 g/mol. The van der Waals surface area contributed by atoms with Gasteiger partial charge in [0.05, 0.1) is 7.11 Å². The number of phenolic OH excluding ortho intramolecular Hbond substituents is 2. The van der Waals surface area contributed by atoms with Gasteiger partial charge in [0.25, 0.3) is 0 Å². The monoisotopic (exact) mass is 394 g/mol. The Bertz CT molecular complexity index is 1470. The number of hydrogen-bond donors (Lipinski definition) is 2. The first-order chi connectivity index (χ1) is 14.6. The summed E-state index contributed by atoms with van der Waals surface area (Å²) in [5.74, 6) is -0.818. The maximum Gasteiger partial charge on any atom is 0.341 e. The fourth-order valence-corrected chi connectivity index (χ4v) is 4.19. The normalized spacial score (nSPS) is 11.2. The highest BCUT2D eigenvalue weighted by Crippen LogP contribution is 2.47. The lowest BCUT2D eigenvalue weighted by molar-refractivity contribution is 0.0597. The van der Waals surface area contributed by atoms with E-state index in [1.54, 1.807) is 12.1 Å². The fraction of sp³-hybridized carbons (Fsp3) is 0.0385. The number of aromatic hydroxyl groups is 2. The van der Waals surface area contributed by atoms with Gasteiger partial charge in [-0.15, -0.1) is 0 Å². The van der Waals surface area contributed by atoms with Crippen LogP contribution < -0.4 is 0 Å². The molecule has 0 radical (unpaired) electrons. The Morgan fingerprint density at radius 1 is 0.733 bits per heavy atom. The highest BCUT2D eigenvalue weighted by atomic mass is 16.5. The molecule has 0 amide bonds. The van der Waals surface area contributed by atoms with E-state index in [1.165, 1.54) is 7.11 Å². The van der Waals surface area contributed by atoms with Gasteiger partial charge in [-0.05, 0) is 39.1 Å². The van der Waals surface area contributed by atoms with Crippen molar-refractivity contribution in [3.05, 3.63) is 84.4 Å². The number of benzene rings is 5. The lowest BCUT2D eigenvalue weighted by atomic mass is 9.88. The van der Waals surface area contributed by atoms with Crippen molar-refractivity contribution in [1.29, 1.82) is 0 Å². The number of ether oxygens (including phenoxy) is 1. The molecule has 0 aliphatic heterocycles. The van der Waals surface area contributed by atoms with Crippen molar-refractivity contribution in [3.8, 4) is 22.6 Å². The molecule has 2 N–H and O–H groups in total. The van der Waals surface area contributed by atoms with Crippen LogP contribution >= 0.6 is 0 Å². The van der Waals surface area contributed by atoms with Gasteiger partial charge in [0, 0.05) is 16.5 Å². The molecule has 0 atom stereocenters. The highest BCUT2D eigenvalue weighted by molar-refractivity contribution is 6.20. The third-order valence-corrected chi connectivity index (χ3v) is 5.57. The van der Waals surface area contributed by atoms with Crippen molar-refractivity contribution in [2.75, 3.05) is 7.11 Å². The van der Waals surface area contributed by atoms with Gasteiger partial charge in [-0.25, -0.2) is 4.79 Å². The molecular formula is C26H18O4. The number of esters is 1. The second-order valence-corrected chi connectivity index (χ2v) is 7.20. The molecule has 4 nitrogen and oxygen atoms in total. The highest BCUT2D eigenvalue weighted by Gasteiger charge is 2.23. The van der Waals surface area contributed by atoms with Crippen LogP contribution in [-0.4, -0.2) is 23.3 Å². The second kappa shape index (κ2) is 6.78. The molecule has 0 aromatic heterocycles. The van der Waals surface area contributed by atoms with E-state index in [0.29, 0.717) is 11.1 Å². The van der Waals surface area contributed by atoms with E-state index >= 15 is 0 Å². The molecule has 5 aromatic carbocycles. The molecule has 0 saturated heterocycles. The third-order valence-electron chi connectivity index (χ3n) is 5.57. The van der Waals surface area contributed by atoms with E-state index in [1.807, 2.05) is 66.7 Å². The van der Waals surface area contributed by atoms with Crippen molar-refractivity contribution < 1.29 is 19.7 Å². The van der Waals surface area contributed by atoms with Gasteiger partial charge in [-0.1, -0.05) is 66.7 Å². The van der Waals surface area contributed by atoms with Crippen LogP contribution in [0.3, 0.4) is 0 Å². The minimum Gasteiger partial charge on any atom is -0.507 e. The standard InChI is InChI=1S/C26H18O4/c1-30-26(29)20-14-17-7-3-5-9-19(17)23(25(20)28)24-21(27)13-12-16-11-10-15-6-2-4-8-18(15)22(16)24/h2-14,27-28H,1H3. The van der Waals surface area contributed by atoms with Crippen molar-refractivity contribution in [1.82, 2.24) is 0 Å². The van der Waals surface area contributed by atoms with Crippen LogP contribution in [-0.2, 0) is 4.74 Å². The number of phenols is 2. The molecule has 0 fully saturated rings. The zero-order valence-corrected chi connectivity index (χ0v) is 16.2. The molecule has 5 aromatic rings. The summed E-state index contributed by atoms with van der Waals surface area (Å²) in [4.78, 5) is 12.4. The van der Waals surface area contributed by atoms with Gasteiger partial charge < -0.3 is 14.9 Å². The number of carbonyl (C=O) groups is 1. The van der Waals surface area contributed by atoms with Crippen LogP contribution in [0, 0.1) is 0 Å². The van der Waals surface area contributed by atoms with E-state index in [0.717, 1.165) is 32.3 Å². The zero-order valence-electron chi connectivity index (χ0n) is 16.2. The van der Waals surface area contributed by atoms with Crippen LogP contribution in [0.5, 0.6) is 11.5 Å². The van der Waals surface area contributed by atoms with Gasteiger partial charge in [-0.3, -0.25) is 0 Å². The largest absolute Gasteiger partial charge is 0.507 e. The minimum absolute atomic E-state index is 0.0290. The first-order valence-corrected chi connectivity index (χ1v) is 9.57. The van der Waals surface area contributed by atoms with Gasteiger partial charge in [0.1, 0.15) is 17.1 Å². The Hall–Kier alpha value is -4.05. The molecule has 0 unspecified atom stereocenters. The van der Waals surface area contributed by atoms with Crippen molar-refractivity contribution in [2.45, 2.75) is 0 Å². The van der Waals surface area contributed by atoms with E-state index in [-0.39, 0.29) is 17.1 Å². The topological polar surface area (TPSA) is 66.8 Å². The van der Waals surface area contributed by atoms with Crippen molar-refractivity contribution >= 4 is 38.3 Å². The van der Waals surface area contributed by atoms with E-state index in [4.69, 9.17) is 4.74 Å². The number of hydrogen-bond acceptors (Lipinski definition) is 4. The molecule has 0 bridgehead atoms. The SMILES string of the molecule is COC(=O)c1cc2ccccc2c(-c2c(O)ccc3ccc4ccccc4c23)c1O. The molecule has 0 aliphatic rings. The van der Waals surface area contributed by atoms with Gasteiger partial charge >= 0.3 is 5.97 Å². The number of methoxy groups -OCH3 is 1. The average Bonchev–Trinajstić information content (AvgIpc) is 2.78. The first kappa shape index (κ1) is 18.0. The predicted octanol–water partition coefficient (Wildman–Crippen LogP) is 6.01. The van der Waals surface area contributed by atoms with Crippen molar-refractivity contribution in [2.24, 2.45) is 0 Å². The lowest BCUT2D eigenvalue weighted by Gasteiger charge is -2.17. The van der Waals surface area contributed by atoms with Crippen LogP contribution in [0.2, 0.25) is 0 Å². The molecule has 0 aliphatic carbocycles. The maximum atomic E-state index is 12.4. The van der Waals surface area contributed by atoms with Crippen LogP contribution in [0.1, 0.15) is 10.4 Å². The number of fused-ring (bicyclic) bond motifs is 4. The van der Waals surface area contributed by atoms with E-state index in [9.17, 15) is 15.0 Å². The third kappa shape index (κ3) is 2.58. The molecule has 4 heteroatoms. The molecule has 146 valence electrons. The predicted molar refractivity (Wildman–Crippen MR) is 119 cm³/mol. The first-order valence-electron chi connectivity index (χ1n) is 9.57. The van der Waals surface area contributed by atoms with Gasteiger partial charge in [0.2, 0.25) is 0 Å². The number of carbonyl (C=O) groups excluding carboxylic acids is 1. The molecule has 30 heavy (non-hydrogen) atoms. The molecule has 0 saturated carbocycles. The summed E-state index contributed by atoms with van der Waals surface area (Å²) < 4.78 is 4.88. The maximum absolute atomic E-state index is 12.4. The summed E-state index contributed by atoms with van der Waals surface area (Å²) in [7, 11) is 1.28. The van der Waals surface area contributed by atoms with E-state index < -0.39 is 5.97 Å². The van der Waals surface area contributed by atoms with E-state index in [2.05, 4.69) is 0 Å². The van der Waals surface area contributed by atoms with Crippen LogP contribution in [0.4, 0.5) is 0 Å². The lowest BCUT2D eigenvalue weighted by Crippen LogP contribution is -2.03. The Morgan fingerprint density at radius 3 is 2.13 bits per heavy atom. The smallest absolute Gasteiger partial charge is 0.341 e. The Kier molecular flexibility index (Phi) is 4.07. The summed E-state index contributed by atoms with van der Waals surface area (Å²) in [6.45, 7) is 0. The fourth-order valence-electron chi connectivity index (χ4n) is 4.19. The minimum atomic E-state index is -0.635. The average molecular weight is 394 g/mol. The number of rotatable bonds is 2. The van der Waals surface area contributed by atoms with Gasteiger partial charge in [0.15, 0.2) is 0 Å². The summed E-state index contributed by atoms with van der Waals surface area (Å²) >= 11 is 0.